The molecule has 0 saturated heterocycles. The summed E-state index contributed by atoms with van der Waals surface area (Å²) in [5, 5.41) is 21.2. The monoisotopic (exact) mass is 224 g/mol. The second-order valence-corrected chi connectivity index (χ2v) is 3.45. The van der Waals surface area contributed by atoms with Crippen LogP contribution in [-0.4, -0.2) is 29.2 Å². The molecule has 0 bridgehead atoms. The predicted octanol–water partition coefficient (Wildman–Crippen LogP) is 0.567. The summed E-state index contributed by atoms with van der Waals surface area (Å²) < 4.78 is 0. The number of phenolic OH excluding ortho intramolecular Hbond substituents is 2. The first-order chi connectivity index (χ1) is 7.65. The van der Waals surface area contributed by atoms with Crippen LogP contribution in [0, 0.1) is 0 Å². The number of aromatic hydroxyl groups is 2. The van der Waals surface area contributed by atoms with Crippen LogP contribution in [-0.2, 0) is 0 Å². The van der Waals surface area contributed by atoms with Gasteiger partial charge in [-0.05, 0) is 37.6 Å². The van der Waals surface area contributed by atoms with E-state index in [-0.39, 0.29) is 17.1 Å². The molecule has 0 unspecified atom stereocenters. The Bertz CT molecular complexity index is 366. The van der Waals surface area contributed by atoms with E-state index < -0.39 is 5.91 Å². The van der Waals surface area contributed by atoms with Crippen LogP contribution in [0.5, 0.6) is 11.5 Å². The van der Waals surface area contributed by atoms with Gasteiger partial charge in [-0.2, -0.15) is 0 Å². The van der Waals surface area contributed by atoms with Gasteiger partial charge in [0.1, 0.15) is 11.5 Å². The van der Waals surface area contributed by atoms with Gasteiger partial charge in [-0.15, -0.1) is 0 Å². The number of carbonyl (C=O) groups is 1. The van der Waals surface area contributed by atoms with Crippen LogP contribution in [0.1, 0.15) is 23.2 Å². The Morgan fingerprint density at radius 2 is 2.06 bits per heavy atom. The molecular formula is C11H16N2O3. The Balaban J connectivity index is 2.55. The summed E-state index contributed by atoms with van der Waals surface area (Å²) in [6.45, 7) is 1.10. The van der Waals surface area contributed by atoms with E-state index in [0.717, 1.165) is 12.8 Å². The molecule has 0 spiro atoms. The van der Waals surface area contributed by atoms with Crippen molar-refractivity contribution < 1.29 is 15.0 Å². The third-order valence-corrected chi connectivity index (χ3v) is 2.14. The van der Waals surface area contributed by atoms with Crippen LogP contribution in [0.15, 0.2) is 18.2 Å². The smallest absolute Gasteiger partial charge is 0.255 e. The molecule has 5 heteroatoms. The highest BCUT2D eigenvalue weighted by Crippen LogP contribution is 2.21. The van der Waals surface area contributed by atoms with Crippen molar-refractivity contribution in [2.45, 2.75) is 12.8 Å². The summed E-state index contributed by atoms with van der Waals surface area (Å²) in [4.78, 5) is 11.6. The molecule has 0 aliphatic heterocycles. The molecule has 0 aromatic heterocycles. The molecular weight excluding hydrogens is 208 g/mol. The summed E-state index contributed by atoms with van der Waals surface area (Å²) >= 11 is 0. The van der Waals surface area contributed by atoms with Crippen molar-refractivity contribution in [3.05, 3.63) is 23.8 Å². The van der Waals surface area contributed by atoms with Gasteiger partial charge in [-0.25, -0.2) is 0 Å². The van der Waals surface area contributed by atoms with Crippen molar-refractivity contribution >= 4 is 5.91 Å². The number of hydrogen-bond acceptors (Lipinski definition) is 4. The number of benzene rings is 1. The molecule has 0 atom stereocenters. The minimum Gasteiger partial charge on any atom is -0.508 e. The lowest BCUT2D eigenvalue weighted by Crippen LogP contribution is -2.24. The normalized spacial score (nSPS) is 10.1. The number of hydrogen-bond donors (Lipinski definition) is 4. The van der Waals surface area contributed by atoms with Gasteiger partial charge in [-0.3, -0.25) is 4.79 Å². The summed E-state index contributed by atoms with van der Waals surface area (Å²) in [6, 6.07) is 3.83. The molecule has 0 saturated carbocycles. The molecule has 88 valence electrons. The summed E-state index contributed by atoms with van der Waals surface area (Å²) in [6.07, 6.45) is 1.63. The summed E-state index contributed by atoms with van der Waals surface area (Å²) in [7, 11) is 0. The standard InChI is InChI=1S/C11H16N2O3/c12-5-1-2-6-13-11(16)9-7-8(14)3-4-10(9)15/h3-4,7,14-15H,1-2,5-6,12H2,(H,13,16). The second-order valence-electron chi connectivity index (χ2n) is 3.45. The van der Waals surface area contributed by atoms with Crippen molar-refractivity contribution in [3.8, 4) is 11.5 Å². The van der Waals surface area contributed by atoms with E-state index in [1.165, 1.54) is 18.2 Å². The maximum atomic E-state index is 11.6. The summed E-state index contributed by atoms with van der Waals surface area (Å²) in [5.41, 5.74) is 5.39. The molecule has 5 N–H and O–H groups in total. The fourth-order valence-corrected chi connectivity index (χ4v) is 1.27. The minimum absolute atomic E-state index is 0.0510. The zero-order valence-electron chi connectivity index (χ0n) is 8.94. The van der Waals surface area contributed by atoms with Gasteiger partial charge in [0.2, 0.25) is 0 Å². The highest BCUT2D eigenvalue weighted by atomic mass is 16.3. The van der Waals surface area contributed by atoms with Crippen LogP contribution in [0.25, 0.3) is 0 Å². The molecule has 0 radical (unpaired) electrons. The number of phenols is 2. The molecule has 0 aliphatic rings. The molecule has 1 amide bonds. The maximum absolute atomic E-state index is 11.6. The Kier molecular flexibility index (Phi) is 4.60. The Morgan fingerprint density at radius 1 is 1.31 bits per heavy atom. The molecule has 5 nitrogen and oxygen atoms in total. The maximum Gasteiger partial charge on any atom is 0.255 e. The van der Waals surface area contributed by atoms with Crippen LogP contribution in [0.2, 0.25) is 0 Å². The largest absolute Gasteiger partial charge is 0.508 e. The average Bonchev–Trinajstić information content (AvgIpc) is 2.27. The van der Waals surface area contributed by atoms with E-state index in [4.69, 9.17) is 5.73 Å². The van der Waals surface area contributed by atoms with Crippen LogP contribution >= 0.6 is 0 Å². The number of nitrogens with two attached hydrogens (primary N) is 1. The van der Waals surface area contributed by atoms with Gasteiger partial charge in [-0.1, -0.05) is 0 Å². The molecule has 16 heavy (non-hydrogen) atoms. The van der Waals surface area contributed by atoms with Gasteiger partial charge in [0, 0.05) is 6.54 Å². The number of amides is 1. The Morgan fingerprint density at radius 3 is 2.75 bits per heavy atom. The number of unbranched alkanes of at least 4 members (excludes halogenated alkanes) is 1. The number of carbonyl (C=O) groups excluding carboxylic acids is 1. The van der Waals surface area contributed by atoms with Crippen molar-refractivity contribution in [2.75, 3.05) is 13.1 Å². The minimum atomic E-state index is -0.398. The van der Waals surface area contributed by atoms with Gasteiger partial charge < -0.3 is 21.3 Å². The first-order valence-corrected chi connectivity index (χ1v) is 5.15. The van der Waals surface area contributed by atoms with Gasteiger partial charge in [0.05, 0.1) is 5.56 Å². The second kappa shape index (κ2) is 5.97. The van der Waals surface area contributed by atoms with Crippen molar-refractivity contribution in [3.63, 3.8) is 0 Å². The molecule has 0 heterocycles. The topological polar surface area (TPSA) is 95.6 Å². The van der Waals surface area contributed by atoms with E-state index in [0.29, 0.717) is 13.1 Å². The average molecular weight is 224 g/mol. The lowest BCUT2D eigenvalue weighted by atomic mass is 10.1. The van der Waals surface area contributed by atoms with E-state index >= 15 is 0 Å². The highest BCUT2D eigenvalue weighted by molar-refractivity contribution is 5.97. The van der Waals surface area contributed by atoms with Gasteiger partial charge >= 0.3 is 0 Å². The molecule has 0 aliphatic carbocycles. The van der Waals surface area contributed by atoms with Gasteiger partial charge in [0.25, 0.3) is 5.91 Å². The number of rotatable bonds is 5. The summed E-state index contributed by atoms with van der Waals surface area (Å²) in [5.74, 6) is -0.593. The third-order valence-electron chi connectivity index (χ3n) is 2.14. The highest BCUT2D eigenvalue weighted by Gasteiger charge is 2.10. The SMILES string of the molecule is NCCCCNC(=O)c1cc(O)ccc1O. The van der Waals surface area contributed by atoms with E-state index in [9.17, 15) is 15.0 Å². The zero-order chi connectivity index (χ0) is 12.0. The molecule has 0 fully saturated rings. The Labute approximate surface area is 93.9 Å². The lowest BCUT2D eigenvalue weighted by molar-refractivity contribution is 0.0950. The fraction of sp³-hybridized carbons (Fsp3) is 0.364. The lowest BCUT2D eigenvalue weighted by Gasteiger charge is -2.06. The van der Waals surface area contributed by atoms with E-state index in [1.54, 1.807) is 0 Å². The van der Waals surface area contributed by atoms with Crippen molar-refractivity contribution in [1.82, 2.24) is 5.32 Å². The predicted molar refractivity (Wildman–Crippen MR) is 60.4 cm³/mol. The van der Waals surface area contributed by atoms with E-state index in [2.05, 4.69) is 5.32 Å². The third kappa shape index (κ3) is 3.43. The molecule has 1 aromatic rings. The van der Waals surface area contributed by atoms with Crippen LogP contribution in [0.3, 0.4) is 0 Å². The zero-order valence-corrected chi connectivity index (χ0v) is 8.94. The number of nitrogens with one attached hydrogen (secondary N) is 1. The fourth-order valence-electron chi connectivity index (χ4n) is 1.27. The van der Waals surface area contributed by atoms with Crippen molar-refractivity contribution in [2.24, 2.45) is 5.73 Å². The molecule has 1 aromatic carbocycles. The van der Waals surface area contributed by atoms with E-state index in [1.807, 2.05) is 0 Å². The first-order valence-electron chi connectivity index (χ1n) is 5.15. The Hall–Kier alpha value is -1.75. The quantitative estimate of drug-likeness (QED) is 0.434. The van der Waals surface area contributed by atoms with Crippen molar-refractivity contribution in [1.29, 1.82) is 0 Å². The van der Waals surface area contributed by atoms with Gasteiger partial charge in [0.15, 0.2) is 0 Å². The van der Waals surface area contributed by atoms with Crippen LogP contribution in [0.4, 0.5) is 0 Å². The first kappa shape index (κ1) is 12.3. The molecule has 1 rings (SSSR count). The van der Waals surface area contributed by atoms with Crippen LogP contribution < -0.4 is 11.1 Å².